The van der Waals surface area contributed by atoms with Crippen LogP contribution >= 0.6 is 0 Å². The van der Waals surface area contributed by atoms with E-state index >= 15 is 0 Å². The van der Waals surface area contributed by atoms with Crippen molar-refractivity contribution in [3.63, 3.8) is 0 Å². The number of amides is 1. The fraction of sp³-hybridized carbons (Fsp3) is 0.250. The lowest BCUT2D eigenvalue weighted by atomic mass is 9.98. The van der Waals surface area contributed by atoms with Crippen LogP contribution in [-0.2, 0) is 6.54 Å². The molecule has 3 heterocycles. The molecule has 0 unspecified atom stereocenters. The van der Waals surface area contributed by atoms with Crippen LogP contribution in [0.5, 0.6) is 0 Å². The number of primary amides is 1. The number of rotatable bonds is 4. The van der Waals surface area contributed by atoms with E-state index in [9.17, 15) is 4.79 Å². The molecule has 5 nitrogen and oxygen atoms in total. The smallest absolute Gasteiger partial charge is 0.248 e. The van der Waals surface area contributed by atoms with Gasteiger partial charge in [0, 0.05) is 41.3 Å². The van der Waals surface area contributed by atoms with Gasteiger partial charge in [-0.3, -0.25) is 4.79 Å². The Labute approximate surface area is 146 Å². The summed E-state index contributed by atoms with van der Waals surface area (Å²) in [5, 5.41) is 1.07. The Balaban J connectivity index is 1.84. The Kier molecular flexibility index (Phi) is 3.93. The molecule has 1 aliphatic heterocycles. The molecule has 0 atom stereocenters. The molecule has 2 N–H and O–H groups in total. The Bertz CT molecular complexity index is 951. The van der Waals surface area contributed by atoms with Crippen LogP contribution in [0.25, 0.3) is 16.5 Å². The molecule has 3 aromatic rings. The number of furan rings is 1. The summed E-state index contributed by atoms with van der Waals surface area (Å²) in [5.74, 6) is 0.503. The highest BCUT2D eigenvalue weighted by Gasteiger charge is 2.17. The van der Waals surface area contributed by atoms with Gasteiger partial charge in [-0.25, -0.2) is 0 Å². The van der Waals surface area contributed by atoms with Crippen LogP contribution in [0.4, 0.5) is 0 Å². The van der Waals surface area contributed by atoms with E-state index in [0.29, 0.717) is 12.1 Å². The van der Waals surface area contributed by atoms with Crippen molar-refractivity contribution in [1.82, 2.24) is 9.47 Å². The molecule has 0 aliphatic carbocycles. The monoisotopic (exact) mass is 335 g/mol. The second kappa shape index (κ2) is 6.26. The van der Waals surface area contributed by atoms with Crippen molar-refractivity contribution in [3.05, 3.63) is 65.8 Å². The predicted octanol–water partition coefficient (Wildman–Crippen LogP) is 3.10. The SMILES string of the molecule is CN1CC=C(c2cn(Cc3ccco3)c3ccc(C(N)=O)cc23)CC1. The number of fused-ring (bicyclic) bond motifs is 1. The van der Waals surface area contributed by atoms with E-state index in [2.05, 4.69) is 28.8 Å². The minimum absolute atomic E-state index is 0.399. The molecule has 0 saturated heterocycles. The normalized spacial score (nSPS) is 15.5. The average Bonchev–Trinajstić information content (AvgIpc) is 3.24. The van der Waals surface area contributed by atoms with Crippen molar-refractivity contribution in [3.8, 4) is 0 Å². The summed E-state index contributed by atoms with van der Waals surface area (Å²) in [6.45, 7) is 2.63. The number of hydrogen-bond donors (Lipinski definition) is 1. The van der Waals surface area contributed by atoms with Gasteiger partial charge < -0.3 is 19.6 Å². The summed E-state index contributed by atoms with van der Waals surface area (Å²) in [6.07, 6.45) is 7.12. The van der Waals surface area contributed by atoms with Crippen LogP contribution in [0.15, 0.2) is 53.3 Å². The fourth-order valence-corrected chi connectivity index (χ4v) is 3.42. The van der Waals surface area contributed by atoms with E-state index in [1.54, 1.807) is 12.3 Å². The van der Waals surface area contributed by atoms with Crippen molar-refractivity contribution in [2.45, 2.75) is 13.0 Å². The van der Waals surface area contributed by atoms with Crippen molar-refractivity contribution in [1.29, 1.82) is 0 Å². The summed E-state index contributed by atoms with van der Waals surface area (Å²) in [7, 11) is 2.12. The molecule has 4 rings (SSSR count). The summed E-state index contributed by atoms with van der Waals surface area (Å²) in [5.41, 5.74) is 9.61. The molecule has 128 valence electrons. The third kappa shape index (κ3) is 2.98. The number of nitrogens with zero attached hydrogens (tertiary/aromatic N) is 2. The van der Waals surface area contributed by atoms with Crippen molar-refractivity contribution in [2.75, 3.05) is 20.1 Å². The Morgan fingerprint density at radius 1 is 1.32 bits per heavy atom. The van der Waals surface area contributed by atoms with Crippen LogP contribution < -0.4 is 5.73 Å². The molecule has 1 aliphatic rings. The van der Waals surface area contributed by atoms with Crippen LogP contribution in [0.2, 0.25) is 0 Å². The summed E-state index contributed by atoms with van der Waals surface area (Å²) in [4.78, 5) is 13.9. The van der Waals surface area contributed by atoms with Gasteiger partial charge in [0.2, 0.25) is 5.91 Å². The average molecular weight is 335 g/mol. The van der Waals surface area contributed by atoms with Crippen LogP contribution in [0.3, 0.4) is 0 Å². The zero-order valence-corrected chi connectivity index (χ0v) is 14.2. The summed E-state index contributed by atoms with van der Waals surface area (Å²) >= 11 is 0. The maximum Gasteiger partial charge on any atom is 0.248 e. The lowest BCUT2D eigenvalue weighted by Gasteiger charge is -2.21. The molecule has 0 fully saturated rings. The summed E-state index contributed by atoms with van der Waals surface area (Å²) < 4.78 is 7.67. The number of hydrogen-bond acceptors (Lipinski definition) is 3. The first kappa shape index (κ1) is 15.7. The zero-order chi connectivity index (χ0) is 17.4. The van der Waals surface area contributed by atoms with Crippen LogP contribution in [-0.4, -0.2) is 35.5 Å². The third-order valence-corrected chi connectivity index (χ3v) is 4.83. The summed E-state index contributed by atoms with van der Waals surface area (Å²) in [6, 6.07) is 9.53. The number of carbonyl (C=O) groups is 1. The van der Waals surface area contributed by atoms with Gasteiger partial charge in [-0.05, 0) is 49.4 Å². The first-order valence-electron chi connectivity index (χ1n) is 8.45. The second-order valence-corrected chi connectivity index (χ2v) is 6.59. The molecule has 1 amide bonds. The third-order valence-electron chi connectivity index (χ3n) is 4.83. The van der Waals surface area contributed by atoms with Gasteiger partial charge in [-0.1, -0.05) is 6.08 Å². The van der Waals surface area contributed by atoms with Gasteiger partial charge >= 0.3 is 0 Å². The molecule has 0 spiro atoms. The first-order valence-corrected chi connectivity index (χ1v) is 8.45. The predicted molar refractivity (Wildman–Crippen MR) is 98.4 cm³/mol. The molecule has 0 saturated carbocycles. The highest BCUT2D eigenvalue weighted by molar-refractivity contribution is 6.00. The maximum atomic E-state index is 11.6. The molecule has 2 aromatic heterocycles. The molecule has 25 heavy (non-hydrogen) atoms. The maximum absolute atomic E-state index is 11.6. The van der Waals surface area contributed by atoms with Gasteiger partial charge in [-0.15, -0.1) is 0 Å². The highest BCUT2D eigenvalue weighted by atomic mass is 16.3. The second-order valence-electron chi connectivity index (χ2n) is 6.59. The Morgan fingerprint density at radius 2 is 2.20 bits per heavy atom. The van der Waals surface area contributed by atoms with Gasteiger partial charge in [0.05, 0.1) is 12.8 Å². The quantitative estimate of drug-likeness (QED) is 0.797. The van der Waals surface area contributed by atoms with Gasteiger partial charge in [0.1, 0.15) is 5.76 Å². The molecular formula is C20H21N3O2. The molecule has 5 heteroatoms. The van der Waals surface area contributed by atoms with Gasteiger partial charge in [0.15, 0.2) is 0 Å². The minimum Gasteiger partial charge on any atom is -0.467 e. The number of likely N-dealkylation sites (N-methyl/N-ethyl adjacent to an activating group) is 1. The fourth-order valence-electron chi connectivity index (χ4n) is 3.42. The topological polar surface area (TPSA) is 64.4 Å². The Morgan fingerprint density at radius 3 is 2.88 bits per heavy atom. The standard InChI is InChI=1S/C20H21N3O2/c1-22-8-6-14(7-9-22)18-13-23(12-16-3-2-10-25-16)19-5-4-15(20(21)24)11-17(18)19/h2-6,10-11,13H,7-9,12H2,1H3,(H2,21,24). The Hall–Kier alpha value is -2.79. The molecule has 0 bridgehead atoms. The van der Waals surface area contributed by atoms with Crippen molar-refractivity contribution < 1.29 is 9.21 Å². The van der Waals surface area contributed by atoms with E-state index in [1.807, 2.05) is 24.3 Å². The van der Waals surface area contributed by atoms with Crippen molar-refractivity contribution in [2.24, 2.45) is 5.73 Å². The van der Waals surface area contributed by atoms with E-state index in [4.69, 9.17) is 10.2 Å². The lowest BCUT2D eigenvalue weighted by Crippen LogP contribution is -2.23. The highest BCUT2D eigenvalue weighted by Crippen LogP contribution is 2.32. The minimum atomic E-state index is -0.399. The van der Waals surface area contributed by atoms with Crippen molar-refractivity contribution >= 4 is 22.4 Å². The number of benzene rings is 1. The molecular weight excluding hydrogens is 314 g/mol. The van der Waals surface area contributed by atoms with Crippen LogP contribution in [0.1, 0.15) is 28.1 Å². The largest absolute Gasteiger partial charge is 0.467 e. The number of aromatic nitrogens is 1. The van der Waals surface area contributed by atoms with E-state index in [1.165, 1.54) is 11.1 Å². The number of carbonyl (C=O) groups excluding carboxylic acids is 1. The molecule has 1 aromatic carbocycles. The zero-order valence-electron chi connectivity index (χ0n) is 14.2. The van der Waals surface area contributed by atoms with Crippen LogP contribution in [0, 0.1) is 0 Å². The van der Waals surface area contributed by atoms with Gasteiger partial charge in [0.25, 0.3) is 0 Å². The van der Waals surface area contributed by atoms with E-state index in [0.717, 1.165) is 36.2 Å². The first-order chi connectivity index (χ1) is 12.1. The van der Waals surface area contributed by atoms with E-state index < -0.39 is 5.91 Å². The lowest BCUT2D eigenvalue weighted by molar-refractivity contribution is 0.100. The number of nitrogens with two attached hydrogens (primary N) is 1. The molecule has 0 radical (unpaired) electrons. The van der Waals surface area contributed by atoms with E-state index in [-0.39, 0.29) is 0 Å². The van der Waals surface area contributed by atoms with Gasteiger partial charge in [-0.2, -0.15) is 0 Å².